The Labute approximate surface area is 150 Å². The quantitative estimate of drug-likeness (QED) is 0.768. The number of rotatable bonds is 5. The Hall–Kier alpha value is -1.86. The van der Waals surface area contributed by atoms with Gasteiger partial charge in [-0.1, -0.05) is 30.3 Å². The maximum atomic E-state index is 11.7. The third-order valence-electron chi connectivity index (χ3n) is 5.94. The number of carbonyl (C=O) groups excluding carboxylic acids is 1. The molecule has 1 saturated carbocycles. The van der Waals surface area contributed by atoms with Gasteiger partial charge in [0.15, 0.2) is 0 Å². The largest absolute Gasteiger partial charge is 0.466 e. The highest BCUT2D eigenvalue weighted by Crippen LogP contribution is 2.41. The molecule has 1 aliphatic heterocycles. The van der Waals surface area contributed by atoms with Crippen LogP contribution in [-0.4, -0.2) is 36.6 Å². The molecule has 0 bridgehead atoms. The molecule has 1 aliphatic carbocycles. The van der Waals surface area contributed by atoms with Gasteiger partial charge in [-0.05, 0) is 57.1 Å². The van der Waals surface area contributed by atoms with Gasteiger partial charge in [-0.2, -0.15) is 5.26 Å². The maximum Gasteiger partial charge on any atom is 0.306 e. The van der Waals surface area contributed by atoms with E-state index in [2.05, 4.69) is 23.1 Å². The van der Waals surface area contributed by atoms with Crippen molar-refractivity contribution in [1.29, 1.82) is 5.26 Å². The van der Waals surface area contributed by atoms with Crippen molar-refractivity contribution in [3.63, 3.8) is 0 Å². The van der Waals surface area contributed by atoms with Gasteiger partial charge < -0.3 is 9.64 Å². The third-order valence-corrected chi connectivity index (χ3v) is 5.94. The number of nitriles is 1. The molecule has 25 heavy (non-hydrogen) atoms. The lowest BCUT2D eigenvalue weighted by atomic mass is 9.69. The van der Waals surface area contributed by atoms with Gasteiger partial charge >= 0.3 is 5.97 Å². The normalized spacial score (nSPS) is 29.9. The molecule has 0 N–H and O–H groups in total. The van der Waals surface area contributed by atoms with Crippen LogP contribution in [0.15, 0.2) is 30.3 Å². The standard InChI is InChI=1S/C21H28N2O2/c1-2-25-20(24)14-17-10-13-23(15-17)19-8-11-21(16-22,12-9-19)18-6-4-3-5-7-18/h3-7,17,19H,2,8-15H2,1H3/t17-,19?,21?/m1/s1. The highest BCUT2D eigenvalue weighted by Gasteiger charge is 2.40. The van der Waals surface area contributed by atoms with E-state index in [9.17, 15) is 10.1 Å². The molecule has 0 unspecified atom stereocenters. The van der Waals surface area contributed by atoms with Crippen LogP contribution in [0.5, 0.6) is 0 Å². The first-order valence-electron chi connectivity index (χ1n) is 9.53. The Bertz CT molecular complexity index is 615. The fourth-order valence-corrected chi connectivity index (χ4v) is 4.50. The van der Waals surface area contributed by atoms with Crippen molar-refractivity contribution in [1.82, 2.24) is 4.90 Å². The summed E-state index contributed by atoms with van der Waals surface area (Å²) in [5.74, 6) is 0.362. The van der Waals surface area contributed by atoms with Gasteiger partial charge in [0.2, 0.25) is 0 Å². The zero-order valence-electron chi connectivity index (χ0n) is 15.1. The highest BCUT2D eigenvalue weighted by atomic mass is 16.5. The maximum absolute atomic E-state index is 11.7. The number of nitrogens with zero attached hydrogens (tertiary/aromatic N) is 2. The molecule has 134 valence electrons. The molecule has 4 nitrogen and oxygen atoms in total. The summed E-state index contributed by atoms with van der Waals surface area (Å²) in [6, 6.07) is 13.4. The highest BCUT2D eigenvalue weighted by molar-refractivity contribution is 5.69. The monoisotopic (exact) mass is 340 g/mol. The van der Waals surface area contributed by atoms with Crippen LogP contribution in [0.4, 0.5) is 0 Å². The van der Waals surface area contributed by atoms with Crippen LogP contribution in [0, 0.1) is 17.2 Å². The van der Waals surface area contributed by atoms with Crippen LogP contribution in [-0.2, 0) is 14.9 Å². The molecular weight excluding hydrogens is 312 g/mol. The summed E-state index contributed by atoms with van der Waals surface area (Å²) in [6.45, 7) is 4.39. The number of carbonyl (C=O) groups is 1. The van der Waals surface area contributed by atoms with Crippen molar-refractivity contribution in [3.8, 4) is 6.07 Å². The Morgan fingerprint density at radius 2 is 2.00 bits per heavy atom. The lowest BCUT2D eigenvalue weighted by Gasteiger charge is -2.39. The Morgan fingerprint density at radius 3 is 2.64 bits per heavy atom. The van der Waals surface area contributed by atoms with E-state index in [1.807, 2.05) is 25.1 Å². The Kier molecular flexibility index (Phi) is 5.75. The fourth-order valence-electron chi connectivity index (χ4n) is 4.50. The van der Waals surface area contributed by atoms with Gasteiger partial charge in [0, 0.05) is 19.0 Å². The number of likely N-dealkylation sites (tertiary alicyclic amines) is 1. The first-order valence-corrected chi connectivity index (χ1v) is 9.53. The molecular formula is C21H28N2O2. The summed E-state index contributed by atoms with van der Waals surface area (Å²) in [6.07, 6.45) is 5.61. The second-order valence-corrected chi connectivity index (χ2v) is 7.45. The van der Waals surface area contributed by atoms with Crippen LogP contribution in [0.25, 0.3) is 0 Å². The second kappa shape index (κ2) is 8.01. The molecule has 4 heteroatoms. The Balaban J connectivity index is 1.54. The minimum Gasteiger partial charge on any atom is -0.466 e. The summed E-state index contributed by atoms with van der Waals surface area (Å²) in [4.78, 5) is 14.2. The molecule has 0 spiro atoms. The predicted octanol–water partition coefficient (Wildman–Crippen LogP) is 3.67. The van der Waals surface area contributed by atoms with Crippen LogP contribution >= 0.6 is 0 Å². The number of hydrogen-bond acceptors (Lipinski definition) is 4. The summed E-state index contributed by atoms with van der Waals surface area (Å²) >= 11 is 0. The van der Waals surface area contributed by atoms with Crippen LogP contribution in [0.3, 0.4) is 0 Å². The molecule has 1 aromatic rings. The van der Waals surface area contributed by atoms with E-state index in [0.29, 0.717) is 25.0 Å². The third kappa shape index (κ3) is 4.04. The van der Waals surface area contributed by atoms with Gasteiger partial charge in [0.1, 0.15) is 0 Å². The molecule has 3 rings (SSSR count). The average Bonchev–Trinajstić information content (AvgIpc) is 3.11. The van der Waals surface area contributed by atoms with Crippen molar-refractivity contribution in [2.45, 2.75) is 56.9 Å². The molecule has 1 aromatic carbocycles. The average molecular weight is 340 g/mol. The number of esters is 1. The van der Waals surface area contributed by atoms with Crippen molar-refractivity contribution in [2.75, 3.05) is 19.7 Å². The van der Waals surface area contributed by atoms with Gasteiger partial charge in [0.05, 0.1) is 18.1 Å². The minimum atomic E-state index is -0.318. The van der Waals surface area contributed by atoms with Crippen molar-refractivity contribution in [2.24, 2.45) is 5.92 Å². The smallest absolute Gasteiger partial charge is 0.306 e. The predicted molar refractivity (Wildman–Crippen MR) is 96.9 cm³/mol. The molecule has 1 atom stereocenters. The fraction of sp³-hybridized carbons (Fsp3) is 0.619. The number of benzene rings is 1. The molecule has 1 saturated heterocycles. The number of ether oxygens (including phenoxy) is 1. The molecule has 0 amide bonds. The van der Waals surface area contributed by atoms with Gasteiger partial charge in [-0.15, -0.1) is 0 Å². The summed E-state index contributed by atoms with van der Waals surface area (Å²) in [5.41, 5.74) is 0.847. The van der Waals surface area contributed by atoms with Crippen molar-refractivity contribution < 1.29 is 9.53 Å². The zero-order chi connectivity index (χ0) is 17.7. The van der Waals surface area contributed by atoms with Gasteiger partial charge in [0.25, 0.3) is 0 Å². The lowest BCUT2D eigenvalue weighted by molar-refractivity contribution is -0.144. The van der Waals surface area contributed by atoms with Crippen molar-refractivity contribution >= 4 is 5.97 Å². The lowest BCUT2D eigenvalue weighted by Crippen LogP contribution is -2.41. The molecule has 2 aliphatic rings. The van der Waals surface area contributed by atoms with Crippen LogP contribution in [0.2, 0.25) is 0 Å². The van der Waals surface area contributed by atoms with Crippen LogP contribution < -0.4 is 0 Å². The van der Waals surface area contributed by atoms with E-state index in [0.717, 1.165) is 50.8 Å². The van der Waals surface area contributed by atoms with E-state index in [4.69, 9.17) is 4.74 Å². The second-order valence-electron chi connectivity index (χ2n) is 7.45. The summed E-state index contributed by atoms with van der Waals surface area (Å²) in [7, 11) is 0. The van der Waals surface area contributed by atoms with E-state index in [1.165, 1.54) is 0 Å². The van der Waals surface area contributed by atoms with Crippen LogP contribution in [0.1, 0.15) is 51.0 Å². The molecule has 0 aromatic heterocycles. The zero-order valence-corrected chi connectivity index (χ0v) is 15.1. The van der Waals surface area contributed by atoms with Crippen molar-refractivity contribution in [3.05, 3.63) is 35.9 Å². The SMILES string of the molecule is CCOC(=O)C[C@H]1CCN(C2CCC(C#N)(c3ccccc3)CC2)C1. The van der Waals surface area contributed by atoms with E-state index < -0.39 is 0 Å². The summed E-state index contributed by atoms with van der Waals surface area (Å²) in [5, 5.41) is 9.82. The van der Waals surface area contributed by atoms with E-state index in [-0.39, 0.29) is 11.4 Å². The number of hydrogen-bond donors (Lipinski definition) is 0. The van der Waals surface area contributed by atoms with E-state index >= 15 is 0 Å². The van der Waals surface area contributed by atoms with E-state index in [1.54, 1.807) is 0 Å². The Morgan fingerprint density at radius 1 is 1.28 bits per heavy atom. The van der Waals surface area contributed by atoms with Gasteiger partial charge in [-0.25, -0.2) is 0 Å². The minimum absolute atomic E-state index is 0.0643. The first-order chi connectivity index (χ1) is 12.2. The molecule has 2 fully saturated rings. The topological polar surface area (TPSA) is 53.3 Å². The first kappa shape index (κ1) is 17.9. The molecule has 0 radical (unpaired) electrons. The summed E-state index contributed by atoms with van der Waals surface area (Å²) < 4.78 is 5.08. The van der Waals surface area contributed by atoms with Gasteiger partial charge in [-0.3, -0.25) is 4.79 Å². The molecule has 1 heterocycles.